The van der Waals surface area contributed by atoms with Gasteiger partial charge in [0.25, 0.3) is 0 Å². The Kier molecular flexibility index (Phi) is 25.5. The molecule has 2 N–H and O–H groups in total. The number of aryl methyl sites for hydroxylation is 10. The lowest BCUT2D eigenvalue weighted by molar-refractivity contribution is 0.00578. The molecule has 20 aromatic rings. The number of hydrogen-bond donors (Lipinski definition) is 2. The average molecular weight is 1930 g/mol. The summed E-state index contributed by atoms with van der Waals surface area (Å²) in [5.41, 5.74) is 16.5. The Morgan fingerprint density at radius 2 is 0.796 bits per heavy atom. The number of rotatable bonds is 16. The van der Waals surface area contributed by atoms with Crippen LogP contribution in [-0.4, -0.2) is 122 Å². The Bertz CT molecular complexity index is 7940. The number of aromatic carboxylic acids is 1. The van der Waals surface area contributed by atoms with Crippen LogP contribution in [0.4, 0.5) is 35.1 Å². The average Bonchev–Trinajstić information content (AvgIpc) is 1.58. The molecular formula is C100H84BBrF8N16O11. The molecule has 1 fully saturated rings. The summed E-state index contributed by atoms with van der Waals surface area (Å²) in [6, 6.07) is 28.6. The molecule has 0 aliphatic carbocycles. The Hall–Kier alpha value is -15.5. The predicted octanol–water partition coefficient (Wildman–Crippen LogP) is 23.8. The number of halogens is 9. The summed E-state index contributed by atoms with van der Waals surface area (Å²) >= 11 is 3.49. The number of hydrogen-bond acceptors (Lipinski definition) is 21. The van der Waals surface area contributed by atoms with Gasteiger partial charge < -0.3 is 51.5 Å². The predicted molar refractivity (Wildman–Crippen MR) is 501 cm³/mol. The van der Waals surface area contributed by atoms with Crippen molar-refractivity contribution in [3.8, 4) is 101 Å². The monoisotopic (exact) mass is 1930 g/mol. The van der Waals surface area contributed by atoms with Gasteiger partial charge in [-0.1, -0.05) is 25.8 Å². The fourth-order valence-electron chi connectivity index (χ4n) is 16.6. The molecule has 1 aliphatic heterocycles. The lowest BCUT2D eigenvalue weighted by Crippen LogP contribution is -2.41. The lowest BCUT2D eigenvalue weighted by atomic mass is 9.79. The summed E-state index contributed by atoms with van der Waals surface area (Å²) in [6.07, 6.45) is 17.2. The number of aromatic nitrogens is 16. The zero-order valence-corrected chi connectivity index (χ0v) is 78.0. The van der Waals surface area contributed by atoms with E-state index < -0.39 is 70.8 Å². The van der Waals surface area contributed by atoms with Crippen LogP contribution >= 0.6 is 15.9 Å². The quantitative estimate of drug-likeness (QED) is 0.0670. The van der Waals surface area contributed by atoms with Crippen molar-refractivity contribution in [3.05, 3.63) is 297 Å². The molecule has 137 heavy (non-hydrogen) atoms. The van der Waals surface area contributed by atoms with Gasteiger partial charge in [0.2, 0.25) is 5.88 Å². The summed E-state index contributed by atoms with van der Waals surface area (Å²) in [6.45, 7) is 30.4. The first-order valence-corrected chi connectivity index (χ1v) is 43.7. The fraction of sp³-hybridized carbons (Fsp3) is 0.200. The molecule has 0 amide bonds. The molecule has 0 saturated carbocycles. The summed E-state index contributed by atoms with van der Waals surface area (Å²) in [7, 11) is -0.691. The first kappa shape index (κ1) is 93.3. The number of benzene rings is 4. The van der Waals surface area contributed by atoms with Gasteiger partial charge >= 0.3 is 13.1 Å². The molecule has 17 heterocycles. The van der Waals surface area contributed by atoms with Crippen LogP contribution in [0.1, 0.15) is 109 Å². The molecular weight excluding hydrogens is 1840 g/mol. The van der Waals surface area contributed by atoms with Gasteiger partial charge in [-0.2, -0.15) is 0 Å². The number of fused-ring (bicyclic) bond motifs is 5. The standard InChI is InChI=1S/C28H24F2N4O5.C24H24BF2N3O3.C18H12BrF2N3O.C18H13F2N3O.C12H11N3O/c1-5-37-23-11-21(28(35)36)32-27(38-6-2)25(23)19-13-34(22-8-7-17(29)10-20(22)30)26-18(19)9-16(12-31-26)24-14(3)33-39-15(24)4;1-13-21(14(2)31-29-13)15-9-17-18(25-32-23(3,4)24(5,6)33-25)12-30(22(17)28-11-15)20-8-7-16(26)10-19(20)27;1-9-17(10(2)25-23-9)11-5-13-14(19)8-24(18(13)22-7-11)16-4-3-12(20)6-15(16)21;1-10-17(11(2)24-22-10)13-7-12-5-6-23(18(12)21-9-13)16-4-3-14(19)8-15(16)20;1-7-11(8(2)16-15-7)10-5-9-3-4-13-12(9)14-6-10/h7-13H,5-6H2,1-4H3,(H,35,36);7-12H,1-6H3;3-8H,1-2H3;3-9H,1-2H3;3-6H,1-2H3,(H,13,14). The van der Waals surface area contributed by atoms with Crippen molar-refractivity contribution in [2.24, 2.45) is 0 Å². The molecule has 1 saturated heterocycles. The summed E-state index contributed by atoms with van der Waals surface area (Å²) in [5, 5.41) is 33.6. The van der Waals surface area contributed by atoms with Crippen LogP contribution in [0.15, 0.2) is 210 Å². The van der Waals surface area contributed by atoms with E-state index in [2.05, 4.69) is 82.7 Å². The zero-order chi connectivity index (χ0) is 97.2. The van der Waals surface area contributed by atoms with E-state index in [1.807, 2.05) is 139 Å². The van der Waals surface area contributed by atoms with Gasteiger partial charge in [-0.25, -0.2) is 69.8 Å². The van der Waals surface area contributed by atoms with Gasteiger partial charge in [0.05, 0.1) is 81.2 Å². The molecule has 37 heteroatoms. The highest BCUT2D eigenvalue weighted by atomic mass is 79.9. The summed E-state index contributed by atoms with van der Waals surface area (Å²) in [5.74, 6) is -2.83. The molecule has 0 atom stereocenters. The molecule has 696 valence electrons. The molecule has 0 bridgehead atoms. The van der Waals surface area contributed by atoms with Gasteiger partial charge in [-0.15, -0.1) is 0 Å². The number of nitrogens with zero attached hydrogens (tertiary/aromatic N) is 15. The molecule has 4 aromatic carbocycles. The number of carbonyl (C=O) groups is 1. The number of pyridine rings is 6. The van der Waals surface area contributed by atoms with Gasteiger partial charge in [-0.05, 0) is 218 Å². The number of H-pyrrole nitrogens is 1. The highest BCUT2D eigenvalue weighted by Crippen LogP contribution is 2.46. The van der Waals surface area contributed by atoms with Crippen molar-refractivity contribution in [1.82, 2.24) is 78.9 Å². The Morgan fingerprint density at radius 1 is 0.423 bits per heavy atom. The molecule has 0 spiro atoms. The van der Waals surface area contributed by atoms with Gasteiger partial charge in [0, 0.05) is 190 Å². The first-order valence-electron chi connectivity index (χ1n) is 42.9. The molecule has 21 rings (SSSR count). The third kappa shape index (κ3) is 18.0. The smallest absolute Gasteiger partial charge is 0.493 e. The largest absolute Gasteiger partial charge is 0.497 e. The van der Waals surface area contributed by atoms with Crippen LogP contribution in [-0.2, 0) is 9.31 Å². The van der Waals surface area contributed by atoms with Crippen LogP contribution in [0.2, 0.25) is 0 Å². The van der Waals surface area contributed by atoms with Gasteiger partial charge in [0.1, 0.15) is 109 Å². The van der Waals surface area contributed by atoms with Gasteiger partial charge in [0.15, 0.2) is 5.69 Å². The number of nitrogens with one attached hydrogen (secondary N) is 1. The molecule has 0 unspecified atom stereocenters. The number of carboxylic acids is 1. The summed E-state index contributed by atoms with van der Waals surface area (Å²) < 4.78 is 169. The van der Waals surface area contributed by atoms with Crippen LogP contribution < -0.4 is 14.9 Å². The van der Waals surface area contributed by atoms with Crippen molar-refractivity contribution in [1.29, 1.82) is 0 Å². The summed E-state index contributed by atoms with van der Waals surface area (Å²) in [4.78, 5) is 41.7. The maximum Gasteiger partial charge on any atom is 0.497 e. The minimum absolute atomic E-state index is 0.0298. The van der Waals surface area contributed by atoms with E-state index in [1.54, 1.807) is 84.0 Å². The van der Waals surface area contributed by atoms with Crippen molar-refractivity contribution in [2.75, 3.05) is 13.2 Å². The zero-order valence-electron chi connectivity index (χ0n) is 76.5. The van der Waals surface area contributed by atoms with E-state index in [0.29, 0.717) is 73.1 Å². The highest BCUT2D eigenvalue weighted by Gasteiger charge is 2.53. The minimum atomic E-state index is -1.25. The second-order valence-corrected chi connectivity index (χ2v) is 34.1. The number of carboxylic acid groups (broad SMARTS) is 1. The van der Waals surface area contributed by atoms with E-state index in [9.17, 15) is 45.0 Å². The van der Waals surface area contributed by atoms with Crippen molar-refractivity contribution < 1.29 is 86.4 Å². The Morgan fingerprint density at radius 3 is 1.21 bits per heavy atom. The third-order valence-electron chi connectivity index (χ3n) is 23.7. The molecule has 16 aromatic heterocycles. The van der Waals surface area contributed by atoms with E-state index in [0.717, 1.165) is 146 Å². The second kappa shape index (κ2) is 37.4. The van der Waals surface area contributed by atoms with Crippen LogP contribution in [0.25, 0.3) is 145 Å². The number of aromatic amines is 1. The molecule has 27 nitrogen and oxygen atoms in total. The van der Waals surface area contributed by atoms with Crippen LogP contribution in [0, 0.1) is 116 Å². The third-order valence-corrected chi connectivity index (χ3v) is 24.3. The maximum absolute atomic E-state index is 15.0. The van der Waals surface area contributed by atoms with E-state index >= 15 is 0 Å². The second-order valence-electron chi connectivity index (χ2n) is 33.3. The maximum atomic E-state index is 15.0. The van der Waals surface area contributed by atoms with Crippen LogP contribution in [0.3, 0.4) is 0 Å². The van der Waals surface area contributed by atoms with Crippen molar-refractivity contribution in [3.63, 3.8) is 0 Å². The van der Waals surface area contributed by atoms with E-state index in [-0.39, 0.29) is 53.3 Å². The Balaban J connectivity index is 0.000000122. The first-order chi connectivity index (χ1) is 65.5. The molecule has 0 radical (unpaired) electrons. The van der Waals surface area contributed by atoms with Gasteiger partial charge in [-0.3, -0.25) is 18.3 Å². The molecule has 1 aliphatic rings. The topological polar surface area (TPSA) is 317 Å². The normalized spacial score (nSPS) is 12.7. The minimum Gasteiger partial charge on any atom is -0.493 e. The van der Waals surface area contributed by atoms with Crippen LogP contribution in [0.5, 0.6) is 11.6 Å². The Labute approximate surface area is 784 Å². The van der Waals surface area contributed by atoms with E-state index in [1.165, 1.54) is 53.1 Å². The van der Waals surface area contributed by atoms with Crippen molar-refractivity contribution in [2.45, 2.75) is 122 Å². The number of ether oxygens (including phenoxy) is 2. The SMILES string of the molecule is CCOc1cc(C(=O)O)nc(OCC)c1-c1cn(-c2ccc(F)cc2F)c2ncc(-c3c(C)noc3C)cc12.Cc1noc(C)c1-c1cnc2[nH]ccc2c1.Cc1noc(C)c1-c1cnc2c(c1)c(B1OC(C)(C)C(C)(C)O1)cn2-c1ccc(F)cc1F.Cc1noc(C)c1-c1cnc2c(c1)c(Br)cn2-c1ccc(F)cc1F.Cc1noc(C)c1-c1cnc2c(ccn2-c2ccc(F)cc2F)c1. The highest BCUT2D eigenvalue weighted by molar-refractivity contribution is 9.10. The van der Waals surface area contributed by atoms with Crippen molar-refractivity contribution >= 4 is 89.6 Å². The lowest BCUT2D eigenvalue weighted by Gasteiger charge is -2.32. The van der Waals surface area contributed by atoms with E-state index in [4.69, 9.17) is 41.4 Å². The fourth-order valence-corrected chi connectivity index (χ4v) is 17.1.